The summed E-state index contributed by atoms with van der Waals surface area (Å²) in [5.41, 5.74) is 0.916. The summed E-state index contributed by atoms with van der Waals surface area (Å²) in [7, 11) is 0. The van der Waals surface area contributed by atoms with Crippen LogP contribution in [0.1, 0.15) is 24.0 Å². The van der Waals surface area contributed by atoms with E-state index >= 15 is 0 Å². The molecule has 0 saturated carbocycles. The summed E-state index contributed by atoms with van der Waals surface area (Å²) in [5, 5.41) is 19.5. The van der Waals surface area contributed by atoms with E-state index < -0.39 is 10.9 Å². The average Bonchev–Trinajstić information content (AvgIpc) is 3.01. The molecular weight excluding hydrogens is 338 g/mol. The minimum atomic E-state index is -0.593. The molecule has 2 aromatic heterocycles. The Morgan fingerprint density at radius 3 is 2.75 bits per heavy atom. The first-order valence-electron chi connectivity index (χ1n) is 6.84. The molecule has 1 N–H and O–H groups in total. The van der Waals surface area contributed by atoms with Gasteiger partial charge in [0.1, 0.15) is 24.5 Å². The van der Waals surface area contributed by atoms with Gasteiger partial charge >= 0.3 is 11.7 Å². The Labute approximate surface area is 140 Å². The second-order valence-electron chi connectivity index (χ2n) is 4.92. The molecule has 0 fully saturated rings. The Morgan fingerprint density at radius 2 is 2.17 bits per heavy atom. The highest BCUT2D eigenvalue weighted by molar-refractivity contribution is 7.13. The van der Waals surface area contributed by atoms with Crippen molar-refractivity contribution in [3.8, 4) is 0 Å². The van der Waals surface area contributed by atoms with Gasteiger partial charge in [0.2, 0.25) is 5.91 Å². The Bertz CT molecular complexity index is 797. The van der Waals surface area contributed by atoms with Gasteiger partial charge in [0.15, 0.2) is 5.13 Å². The van der Waals surface area contributed by atoms with Crippen LogP contribution in [0.3, 0.4) is 0 Å². The normalized spacial score (nSPS) is 10.5. The van der Waals surface area contributed by atoms with Crippen molar-refractivity contribution in [3.05, 3.63) is 32.6 Å². The summed E-state index contributed by atoms with van der Waals surface area (Å²) < 4.78 is 6.31. The van der Waals surface area contributed by atoms with Gasteiger partial charge in [-0.1, -0.05) is 0 Å². The van der Waals surface area contributed by atoms with E-state index in [0.717, 1.165) is 0 Å². The Balaban J connectivity index is 1.94. The minimum Gasteiger partial charge on any atom is -0.458 e. The van der Waals surface area contributed by atoms with Crippen molar-refractivity contribution >= 4 is 34.0 Å². The second kappa shape index (κ2) is 7.17. The molecule has 0 atom stereocenters. The van der Waals surface area contributed by atoms with Crippen LogP contribution in [0.25, 0.3) is 0 Å². The molecule has 2 rings (SSSR count). The Morgan fingerprint density at radius 1 is 1.46 bits per heavy atom. The van der Waals surface area contributed by atoms with Gasteiger partial charge in [-0.3, -0.25) is 24.4 Å². The lowest BCUT2D eigenvalue weighted by Gasteiger charge is -2.04. The quantitative estimate of drug-likeness (QED) is 0.474. The molecule has 0 aromatic carbocycles. The van der Waals surface area contributed by atoms with Crippen molar-refractivity contribution in [3.63, 3.8) is 0 Å². The molecule has 0 spiro atoms. The second-order valence-corrected chi connectivity index (χ2v) is 5.78. The largest absolute Gasteiger partial charge is 0.458 e. The molecule has 0 saturated heterocycles. The number of thiazole rings is 1. The van der Waals surface area contributed by atoms with Crippen molar-refractivity contribution in [2.45, 2.75) is 33.9 Å². The van der Waals surface area contributed by atoms with Crippen LogP contribution in [-0.4, -0.2) is 31.6 Å². The summed E-state index contributed by atoms with van der Waals surface area (Å²) in [6.45, 7) is 4.10. The fraction of sp³-hybridized carbons (Fsp3) is 0.385. The summed E-state index contributed by atoms with van der Waals surface area (Å²) in [4.78, 5) is 37.3. The highest BCUT2D eigenvalue weighted by Gasteiger charge is 2.23. The highest BCUT2D eigenvalue weighted by Crippen LogP contribution is 2.21. The van der Waals surface area contributed by atoms with Crippen LogP contribution in [0.4, 0.5) is 10.8 Å². The van der Waals surface area contributed by atoms with Crippen LogP contribution in [0.15, 0.2) is 5.38 Å². The van der Waals surface area contributed by atoms with Gasteiger partial charge in [-0.05, 0) is 13.8 Å². The fourth-order valence-electron chi connectivity index (χ4n) is 2.01. The predicted molar refractivity (Wildman–Crippen MR) is 84.6 cm³/mol. The molecule has 0 aliphatic heterocycles. The van der Waals surface area contributed by atoms with E-state index in [1.54, 1.807) is 5.38 Å². The minimum absolute atomic E-state index is 0.0592. The number of carbonyl (C=O) groups excluding carboxylic acids is 2. The third-order valence-electron chi connectivity index (χ3n) is 3.02. The highest BCUT2D eigenvalue weighted by atomic mass is 32.1. The summed E-state index contributed by atoms with van der Waals surface area (Å²) in [6, 6.07) is 0. The van der Waals surface area contributed by atoms with Crippen LogP contribution in [0.2, 0.25) is 0 Å². The van der Waals surface area contributed by atoms with Gasteiger partial charge < -0.3 is 10.1 Å². The zero-order valence-electron chi connectivity index (χ0n) is 13.2. The van der Waals surface area contributed by atoms with Gasteiger partial charge in [0.05, 0.1) is 10.6 Å². The smallest absolute Gasteiger partial charge is 0.328 e. The molecular formula is C13H15N5O5S. The van der Waals surface area contributed by atoms with Crippen LogP contribution in [-0.2, 0) is 27.5 Å². The lowest BCUT2D eigenvalue weighted by molar-refractivity contribution is -0.386. The molecule has 24 heavy (non-hydrogen) atoms. The first kappa shape index (κ1) is 17.5. The van der Waals surface area contributed by atoms with Gasteiger partial charge in [-0.25, -0.2) is 4.98 Å². The molecule has 0 aliphatic carbocycles. The standard InChI is InChI=1S/C13H15N5O5S/c1-7-12(18(21)22)8(2)17(16-7)4-11(20)23-5-10-6-24-13(15-10)14-9(3)19/h6H,4-5H2,1-3H3,(H,14,15,19). The number of carbonyl (C=O) groups is 2. The number of aromatic nitrogens is 3. The zero-order chi connectivity index (χ0) is 17.9. The molecule has 2 heterocycles. The van der Waals surface area contributed by atoms with Crippen LogP contribution in [0.5, 0.6) is 0 Å². The Hall–Kier alpha value is -2.82. The fourth-order valence-corrected chi connectivity index (χ4v) is 2.75. The third kappa shape index (κ3) is 4.13. The number of amides is 1. The zero-order valence-corrected chi connectivity index (χ0v) is 14.0. The topological polar surface area (TPSA) is 129 Å². The van der Waals surface area contributed by atoms with Crippen molar-refractivity contribution < 1.29 is 19.2 Å². The predicted octanol–water partition coefficient (Wildman–Crippen LogP) is 1.57. The van der Waals surface area contributed by atoms with Crippen molar-refractivity contribution in [2.75, 3.05) is 5.32 Å². The van der Waals surface area contributed by atoms with Gasteiger partial charge in [0, 0.05) is 12.3 Å². The number of hydrogen-bond acceptors (Lipinski definition) is 8. The number of nitrogens with one attached hydrogen (secondary N) is 1. The van der Waals surface area contributed by atoms with Crippen molar-refractivity contribution in [1.82, 2.24) is 14.8 Å². The van der Waals surface area contributed by atoms with Gasteiger partial charge in [0.25, 0.3) is 0 Å². The molecule has 0 unspecified atom stereocenters. The molecule has 0 radical (unpaired) electrons. The summed E-state index contributed by atoms with van der Waals surface area (Å²) in [6.07, 6.45) is 0. The average molecular weight is 353 g/mol. The maximum absolute atomic E-state index is 11.9. The number of hydrogen-bond donors (Lipinski definition) is 1. The van der Waals surface area contributed by atoms with E-state index in [9.17, 15) is 19.7 Å². The van der Waals surface area contributed by atoms with Crippen LogP contribution < -0.4 is 5.32 Å². The summed E-state index contributed by atoms with van der Waals surface area (Å²) >= 11 is 1.22. The van der Waals surface area contributed by atoms with Gasteiger partial charge in [-0.2, -0.15) is 5.10 Å². The number of aryl methyl sites for hydroxylation is 1. The molecule has 128 valence electrons. The molecule has 10 nitrogen and oxygen atoms in total. The van der Waals surface area contributed by atoms with Crippen LogP contribution >= 0.6 is 11.3 Å². The first-order chi connectivity index (χ1) is 11.3. The van der Waals surface area contributed by atoms with E-state index in [1.807, 2.05) is 0 Å². The van der Waals surface area contributed by atoms with Crippen molar-refractivity contribution in [1.29, 1.82) is 0 Å². The number of rotatable bonds is 6. The van der Waals surface area contributed by atoms with E-state index in [0.29, 0.717) is 10.8 Å². The summed E-state index contributed by atoms with van der Waals surface area (Å²) in [5.74, 6) is -0.830. The first-order valence-corrected chi connectivity index (χ1v) is 7.72. The third-order valence-corrected chi connectivity index (χ3v) is 3.83. The van der Waals surface area contributed by atoms with E-state index in [1.165, 1.54) is 36.8 Å². The number of ether oxygens (including phenoxy) is 1. The van der Waals surface area contributed by atoms with E-state index in [2.05, 4.69) is 15.4 Å². The van der Waals surface area contributed by atoms with E-state index in [4.69, 9.17) is 4.74 Å². The monoisotopic (exact) mass is 353 g/mol. The number of anilines is 1. The molecule has 11 heteroatoms. The number of esters is 1. The molecule has 0 bridgehead atoms. The Kier molecular flexibility index (Phi) is 5.24. The van der Waals surface area contributed by atoms with Crippen LogP contribution in [0, 0.1) is 24.0 Å². The maximum Gasteiger partial charge on any atom is 0.328 e. The van der Waals surface area contributed by atoms with E-state index in [-0.39, 0.29) is 36.1 Å². The lowest BCUT2D eigenvalue weighted by Crippen LogP contribution is -2.16. The number of nitrogens with zero attached hydrogens (tertiary/aromatic N) is 4. The van der Waals surface area contributed by atoms with Crippen molar-refractivity contribution in [2.24, 2.45) is 0 Å². The molecule has 1 amide bonds. The lowest BCUT2D eigenvalue weighted by atomic mass is 10.3. The molecule has 0 aliphatic rings. The number of nitro groups is 1. The SMILES string of the molecule is CC(=O)Nc1nc(COC(=O)Cn2nc(C)c([N+](=O)[O-])c2C)cs1. The molecule has 2 aromatic rings. The maximum atomic E-state index is 11.9. The van der Waals surface area contributed by atoms with Gasteiger partial charge in [-0.15, -0.1) is 11.3 Å².